The third kappa shape index (κ3) is 3.37. The average molecular weight is 382 g/mol. The van der Waals surface area contributed by atoms with Crippen molar-refractivity contribution in [3.05, 3.63) is 69.8 Å². The van der Waals surface area contributed by atoms with E-state index in [-0.39, 0.29) is 6.54 Å². The van der Waals surface area contributed by atoms with E-state index >= 15 is 0 Å². The van der Waals surface area contributed by atoms with Gasteiger partial charge in [0, 0.05) is 34.0 Å². The number of hydrogen-bond donors (Lipinski definition) is 1. The summed E-state index contributed by atoms with van der Waals surface area (Å²) in [5.74, 6) is 1.39. The van der Waals surface area contributed by atoms with Crippen molar-refractivity contribution < 1.29 is 9.47 Å². The smallest absolute Gasteiger partial charge is 0.128 e. The van der Waals surface area contributed by atoms with Crippen LogP contribution in [0.1, 0.15) is 11.3 Å². The average Bonchev–Trinajstić information content (AvgIpc) is 3.04. The second-order valence-corrected chi connectivity index (χ2v) is 6.52. The molecule has 4 rings (SSSR count). The molecular formula is C20H16ClN3O3. The fourth-order valence-electron chi connectivity index (χ4n) is 3.18. The van der Waals surface area contributed by atoms with Gasteiger partial charge in [0.05, 0.1) is 24.0 Å². The highest BCUT2D eigenvalue weighted by molar-refractivity contribution is 6.30. The molecule has 0 fully saturated rings. The van der Waals surface area contributed by atoms with Crippen LogP contribution in [-0.4, -0.2) is 17.1 Å². The number of rotatable bonds is 6. The molecule has 0 radical (unpaired) electrons. The van der Waals surface area contributed by atoms with Crippen molar-refractivity contribution in [2.45, 2.75) is 13.2 Å². The maximum atomic E-state index is 10.8. The number of halogens is 1. The molecular weight excluding hydrogens is 366 g/mol. The minimum Gasteiger partial charge on any atom is -0.457 e. The predicted octanol–water partition coefficient (Wildman–Crippen LogP) is 5.57. The molecule has 136 valence electrons. The number of ether oxygens (including phenoxy) is 2. The maximum absolute atomic E-state index is 10.8. The van der Waals surface area contributed by atoms with E-state index < -0.39 is 0 Å². The van der Waals surface area contributed by atoms with E-state index in [1.807, 2.05) is 30.3 Å². The Labute approximate surface area is 160 Å². The Morgan fingerprint density at radius 3 is 2.63 bits per heavy atom. The van der Waals surface area contributed by atoms with Gasteiger partial charge in [0.25, 0.3) is 0 Å². The molecule has 2 aromatic heterocycles. The molecule has 2 heterocycles. The van der Waals surface area contributed by atoms with E-state index in [9.17, 15) is 4.91 Å². The summed E-state index contributed by atoms with van der Waals surface area (Å²) in [5.41, 5.74) is 3.29. The van der Waals surface area contributed by atoms with Gasteiger partial charge in [-0.05, 0) is 42.5 Å². The third-order valence-corrected chi connectivity index (χ3v) is 4.60. The molecule has 0 unspecified atom stereocenters. The van der Waals surface area contributed by atoms with Gasteiger partial charge in [0.2, 0.25) is 0 Å². The summed E-state index contributed by atoms with van der Waals surface area (Å²) in [6.45, 7) is 0.340. The second kappa shape index (κ2) is 7.34. The Morgan fingerprint density at radius 2 is 1.89 bits per heavy atom. The topological polar surface area (TPSA) is 76.6 Å². The van der Waals surface area contributed by atoms with Crippen molar-refractivity contribution >= 4 is 33.4 Å². The molecule has 1 N–H and O–H groups in total. The summed E-state index contributed by atoms with van der Waals surface area (Å²) >= 11 is 5.92. The van der Waals surface area contributed by atoms with E-state index in [0.717, 1.165) is 27.4 Å². The fourth-order valence-corrected chi connectivity index (χ4v) is 3.30. The number of pyridine rings is 1. The number of H-pyrrole nitrogens is 1. The lowest BCUT2D eigenvalue weighted by Crippen LogP contribution is -1.99. The van der Waals surface area contributed by atoms with Crippen LogP contribution < -0.4 is 4.74 Å². The summed E-state index contributed by atoms with van der Waals surface area (Å²) in [4.78, 5) is 18.5. The summed E-state index contributed by atoms with van der Waals surface area (Å²) in [7, 11) is 1.61. The molecule has 27 heavy (non-hydrogen) atoms. The first-order valence-corrected chi connectivity index (χ1v) is 8.71. The molecule has 0 aliphatic carbocycles. The number of benzene rings is 2. The minimum absolute atomic E-state index is 0.00225. The number of nitrogens with zero attached hydrogens (tertiary/aromatic N) is 2. The zero-order valence-electron chi connectivity index (χ0n) is 14.5. The Balaban J connectivity index is 1.85. The Bertz CT molecular complexity index is 1120. The SMILES string of the molecule is COCc1c(CN=O)ncc2[nH]c3ccc(Oc4ccc(Cl)cc4)cc3c12. The summed E-state index contributed by atoms with van der Waals surface area (Å²) < 4.78 is 11.3. The van der Waals surface area contributed by atoms with Gasteiger partial charge in [-0.1, -0.05) is 16.8 Å². The number of aromatic nitrogens is 2. The molecule has 0 amide bonds. The first-order chi connectivity index (χ1) is 13.2. The molecule has 0 bridgehead atoms. The number of fused-ring (bicyclic) bond motifs is 3. The van der Waals surface area contributed by atoms with Crippen molar-refractivity contribution in [3.63, 3.8) is 0 Å². The Kier molecular flexibility index (Phi) is 4.75. The normalized spacial score (nSPS) is 11.2. The van der Waals surface area contributed by atoms with Gasteiger partial charge >= 0.3 is 0 Å². The fraction of sp³-hybridized carbons (Fsp3) is 0.150. The van der Waals surface area contributed by atoms with Crippen molar-refractivity contribution in [3.8, 4) is 11.5 Å². The largest absolute Gasteiger partial charge is 0.457 e. The van der Waals surface area contributed by atoms with E-state index in [2.05, 4.69) is 15.1 Å². The van der Waals surface area contributed by atoms with Gasteiger partial charge in [-0.15, -0.1) is 0 Å². The molecule has 0 atom stereocenters. The van der Waals surface area contributed by atoms with Crippen LogP contribution >= 0.6 is 11.6 Å². The van der Waals surface area contributed by atoms with Gasteiger partial charge in [0.1, 0.15) is 18.0 Å². The van der Waals surface area contributed by atoms with Crippen molar-refractivity contribution in [1.82, 2.24) is 9.97 Å². The standard InChI is InChI=1S/C20H16ClN3O3/c1-26-11-16-18(10-23-25)22-9-19-20(16)15-8-14(6-7-17(15)24-19)27-13-4-2-12(21)3-5-13/h2-9,24H,10-11H2,1H3. The van der Waals surface area contributed by atoms with Crippen LogP contribution in [0.2, 0.25) is 5.02 Å². The van der Waals surface area contributed by atoms with Crippen LogP contribution in [0.4, 0.5) is 0 Å². The highest BCUT2D eigenvalue weighted by Crippen LogP contribution is 2.34. The lowest BCUT2D eigenvalue weighted by atomic mass is 10.1. The van der Waals surface area contributed by atoms with Crippen LogP contribution in [0.3, 0.4) is 0 Å². The van der Waals surface area contributed by atoms with Crippen LogP contribution in [0.25, 0.3) is 21.8 Å². The number of hydrogen-bond acceptors (Lipinski definition) is 5. The molecule has 6 nitrogen and oxygen atoms in total. The Hall–Kier alpha value is -2.96. The number of nitroso groups, excluding NO2 is 1. The summed E-state index contributed by atoms with van der Waals surface area (Å²) in [6.07, 6.45) is 1.72. The number of methoxy groups -OCH3 is 1. The molecule has 0 saturated heterocycles. The monoisotopic (exact) mass is 381 g/mol. The molecule has 0 spiro atoms. The van der Waals surface area contributed by atoms with Crippen LogP contribution in [0, 0.1) is 4.91 Å². The molecule has 0 aliphatic heterocycles. The van der Waals surface area contributed by atoms with Gasteiger partial charge in [-0.3, -0.25) is 4.98 Å². The zero-order chi connectivity index (χ0) is 18.8. The minimum atomic E-state index is 0.00225. The number of nitrogens with one attached hydrogen (secondary N) is 1. The van der Waals surface area contributed by atoms with Gasteiger partial charge < -0.3 is 14.5 Å². The summed E-state index contributed by atoms with van der Waals surface area (Å²) in [5, 5.41) is 5.57. The van der Waals surface area contributed by atoms with E-state index in [1.165, 1.54) is 0 Å². The molecule has 4 aromatic rings. The van der Waals surface area contributed by atoms with E-state index in [4.69, 9.17) is 21.1 Å². The number of aromatic amines is 1. The van der Waals surface area contributed by atoms with E-state index in [0.29, 0.717) is 28.8 Å². The van der Waals surface area contributed by atoms with Gasteiger partial charge in [0.15, 0.2) is 0 Å². The highest BCUT2D eigenvalue weighted by Gasteiger charge is 2.15. The molecule has 7 heteroatoms. The molecule has 0 aliphatic rings. The Morgan fingerprint density at radius 1 is 1.11 bits per heavy atom. The third-order valence-electron chi connectivity index (χ3n) is 4.35. The van der Waals surface area contributed by atoms with Crippen LogP contribution in [0.5, 0.6) is 11.5 Å². The summed E-state index contributed by atoms with van der Waals surface area (Å²) in [6, 6.07) is 13.0. The zero-order valence-corrected chi connectivity index (χ0v) is 15.3. The molecule has 0 saturated carbocycles. The first-order valence-electron chi connectivity index (χ1n) is 8.33. The predicted molar refractivity (Wildman–Crippen MR) is 105 cm³/mol. The lowest BCUT2D eigenvalue weighted by molar-refractivity contribution is 0.185. The highest BCUT2D eigenvalue weighted by atomic mass is 35.5. The van der Waals surface area contributed by atoms with Crippen LogP contribution in [0.15, 0.2) is 53.8 Å². The van der Waals surface area contributed by atoms with Gasteiger partial charge in [-0.2, -0.15) is 4.91 Å². The van der Waals surface area contributed by atoms with Crippen molar-refractivity contribution in [2.24, 2.45) is 5.18 Å². The quantitative estimate of drug-likeness (QED) is 0.442. The van der Waals surface area contributed by atoms with Crippen LogP contribution in [-0.2, 0) is 17.9 Å². The van der Waals surface area contributed by atoms with Crippen molar-refractivity contribution in [2.75, 3.05) is 7.11 Å². The maximum Gasteiger partial charge on any atom is 0.128 e. The first kappa shape index (κ1) is 17.5. The van der Waals surface area contributed by atoms with E-state index in [1.54, 1.807) is 25.4 Å². The van der Waals surface area contributed by atoms with Gasteiger partial charge in [-0.25, -0.2) is 0 Å². The van der Waals surface area contributed by atoms with Crippen molar-refractivity contribution in [1.29, 1.82) is 0 Å². The second-order valence-electron chi connectivity index (χ2n) is 6.08. The molecule has 2 aromatic carbocycles. The lowest BCUT2D eigenvalue weighted by Gasteiger charge is -2.08.